The van der Waals surface area contributed by atoms with E-state index in [2.05, 4.69) is 0 Å². The molecule has 0 aliphatic rings. The summed E-state index contributed by atoms with van der Waals surface area (Å²) in [6.45, 7) is -0.737. The van der Waals surface area contributed by atoms with Crippen molar-refractivity contribution in [3.05, 3.63) is 40.9 Å². The first-order valence-corrected chi connectivity index (χ1v) is 6.05. The predicted molar refractivity (Wildman–Crippen MR) is 75.5 cm³/mol. The van der Waals surface area contributed by atoms with E-state index in [1.807, 2.05) is 0 Å². The highest BCUT2D eigenvalue weighted by Gasteiger charge is 2.15. The predicted octanol–water partition coefficient (Wildman–Crippen LogP) is 0.152. The van der Waals surface area contributed by atoms with Crippen molar-refractivity contribution in [2.24, 2.45) is 11.5 Å². The molecule has 106 valence electrons. The molecule has 20 heavy (non-hydrogen) atoms. The summed E-state index contributed by atoms with van der Waals surface area (Å²) < 4.78 is 0. The second-order valence-electron chi connectivity index (χ2n) is 4.01. The second-order valence-corrected chi connectivity index (χ2v) is 4.45. The largest absolute Gasteiger partial charge is 0.368 e. The molecule has 0 saturated carbocycles. The van der Waals surface area contributed by atoms with Crippen LogP contribution in [0.15, 0.2) is 30.3 Å². The minimum absolute atomic E-state index is 0.368. The van der Waals surface area contributed by atoms with Crippen LogP contribution in [0.1, 0.15) is 5.56 Å². The summed E-state index contributed by atoms with van der Waals surface area (Å²) in [5.41, 5.74) is 10.8. The number of hydrogen-bond donors (Lipinski definition) is 2. The van der Waals surface area contributed by atoms with Gasteiger partial charge in [-0.15, -0.1) is 0 Å². The SMILES string of the molecule is NC(=O)CN(CC(N)=O)C(=O)/C=C/c1ccc(Cl)cc1. The quantitative estimate of drug-likeness (QED) is 0.730. The van der Waals surface area contributed by atoms with Gasteiger partial charge in [-0.3, -0.25) is 14.4 Å². The molecule has 0 unspecified atom stereocenters. The molecule has 7 heteroatoms. The van der Waals surface area contributed by atoms with Gasteiger partial charge in [0.2, 0.25) is 17.7 Å². The molecule has 1 aromatic carbocycles. The molecule has 0 bridgehead atoms. The normalized spacial score (nSPS) is 10.4. The molecule has 0 fully saturated rings. The Balaban J connectivity index is 2.76. The molecule has 0 radical (unpaired) electrons. The van der Waals surface area contributed by atoms with E-state index < -0.39 is 17.7 Å². The lowest BCUT2D eigenvalue weighted by Gasteiger charge is -2.17. The van der Waals surface area contributed by atoms with Crippen LogP contribution in [-0.2, 0) is 14.4 Å². The van der Waals surface area contributed by atoms with Gasteiger partial charge < -0.3 is 16.4 Å². The van der Waals surface area contributed by atoms with Gasteiger partial charge in [-0.05, 0) is 23.8 Å². The van der Waals surface area contributed by atoms with Gasteiger partial charge in [0.15, 0.2) is 0 Å². The van der Waals surface area contributed by atoms with Crippen molar-refractivity contribution in [2.75, 3.05) is 13.1 Å². The molecule has 0 spiro atoms. The summed E-state index contributed by atoms with van der Waals surface area (Å²) in [6.07, 6.45) is 2.77. The van der Waals surface area contributed by atoms with Crippen molar-refractivity contribution < 1.29 is 14.4 Å². The number of amides is 3. The van der Waals surface area contributed by atoms with Gasteiger partial charge in [-0.1, -0.05) is 23.7 Å². The first-order chi connectivity index (χ1) is 9.38. The van der Waals surface area contributed by atoms with Gasteiger partial charge in [-0.2, -0.15) is 0 Å². The number of carbonyl (C=O) groups excluding carboxylic acids is 3. The van der Waals surface area contributed by atoms with E-state index in [1.165, 1.54) is 12.2 Å². The van der Waals surface area contributed by atoms with Crippen LogP contribution in [-0.4, -0.2) is 35.7 Å². The van der Waals surface area contributed by atoms with E-state index in [9.17, 15) is 14.4 Å². The summed E-state index contributed by atoms with van der Waals surface area (Å²) >= 11 is 5.74. The fourth-order valence-corrected chi connectivity index (χ4v) is 1.56. The standard InChI is InChI=1S/C13H14ClN3O3/c14-10-4-1-9(2-5-10)3-6-13(20)17(7-11(15)18)8-12(16)19/h1-6H,7-8H2,(H2,15,18)(H2,16,19)/b6-3+. The zero-order valence-corrected chi connectivity index (χ0v) is 11.3. The zero-order valence-electron chi connectivity index (χ0n) is 10.6. The Morgan fingerprint density at radius 1 is 1.05 bits per heavy atom. The van der Waals surface area contributed by atoms with Crippen molar-refractivity contribution in [2.45, 2.75) is 0 Å². The van der Waals surface area contributed by atoms with Crippen LogP contribution in [0.4, 0.5) is 0 Å². The molecule has 1 aromatic rings. The minimum Gasteiger partial charge on any atom is -0.368 e. The molecular weight excluding hydrogens is 282 g/mol. The topological polar surface area (TPSA) is 106 Å². The van der Waals surface area contributed by atoms with Crippen LogP contribution < -0.4 is 11.5 Å². The molecule has 6 nitrogen and oxygen atoms in total. The lowest BCUT2D eigenvalue weighted by molar-refractivity contribution is -0.134. The van der Waals surface area contributed by atoms with Crippen molar-refractivity contribution in [1.29, 1.82) is 0 Å². The minimum atomic E-state index is -0.723. The molecule has 0 aliphatic heterocycles. The Morgan fingerprint density at radius 3 is 2.00 bits per heavy atom. The highest BCUT2D eigenvalue weighted by Crippen LogP contribution is 2.10. The van der Waals surface area contributed by atoms with Crippen LogP contribution in [0.25, 0.3) is 6.08 Å². The van der Waals surface area contributed by atoms with E-state index in [4.69, 9.17) is 23.1 Å². The highest BCUT2D eigenvalue weighted by molar-refractivity contribution is 6.30. The first kappa shape index (κ1) is 15.7. The number of carbonyl (C=O) groups is 3. The van der Waals surface area contributed by atoms with Gasteiger partial charge in [0.1, 0.15) is 13.1 Å². The summed E-state index contributed by atoms with van der Waals surface area (Å²) in [5.74, 6) is -1.98. The molecule has 0 aromatic heterocycles. The van der Waals surface area contributed by atoms with E-state index in [0.29, 0.717) is 5.02 Å². The summed E-state index contributed by atoms with van der Waals surface area (Å²) in [7, 11) is 0. The number of halogens is 1. The summed E-state index contributed by atoms with van der Waals surface area (Å²) in [6, 6.07) is 6.80. The third kappa shape index (κ3) is 5.53. The van der Waals surface area contributed by atoms with Gasteiger partial charge in [0.25, 0.3) is 0 Å². The van der Waals surface area contributed by atoms with Gasteiger partial charge >= 0.3 is 0 Å². The average Bonchev–Trinajstić information content (AvgIpc) is 2.36. The Kier molecular flexibility index (Phi) is 5.74. The van der Waals surface area contributed by atoms with Crippen LogP contribution in [0, 0.1) is 0 Å². The van der Waals surface area contributed by atoms with Crippen molar-refractivity contribution in [1.82, 2.24) is 4.90 Å². The summed E-state index contributed by atoms with van der Waals surface area (Å²) in [5, 5.41) is 0.581. The van der Waals surface area contributed by atoms with Crippen molar-refractivity contribution in [3.63, 3.8) is 0 Å². The smallest absolute Gasteiger partial charge is 0.247 e. The monoisotopic (exact) mass is 295 g/mol. The molecule has 4 N–H and O–H groups in total. The second kappa shape index (κ2) is 7.30. The van der Waals surface area contributed by atoms with E-state index in [1.54, 1.807) is 24.3 Å². The van der Waals surface area contributed by atoms with Crippen molar-refractivity contribution >= 4 is 35.4 Å². The summed E-state index contributed by atoms with van der Waals surface area (Å²) in [4.78, 5) is 34.5. The van der Waals surface area contributed by atoms with Gasteiger partial charge in [-0.25, -0.2) is 0 Å². The lowest BCUT2D eigenvalue weighted by Crippen LogP contribution is -2.42. The van der Waals surface area contributed by atoms with Crippen molar-refractivity contribution in [3.8, 4) is 0 Å². The molecule has 0 atom stereocenters. The van der Waals surface area contributed by atoms with Crippen LogP contribution in [0.5, 0.6) is 0 Å². The Bertz CT molecular complexity index is 524. The van der Waals surface area contributed by atoms with Crippen LogP contribution in [0.2, 0.25) is 5.02 Å². The number of primary amides is 2. The number of benzene rings is 1. The third-order valence-corrected chi connectivity index (χ3v) is 2.55. The molecular formula is C13H14ClN3O3. The number of rotatable bonds is 6. The van der Waals surface area contributed by atoms with E-state index >= 15 is 0 Å². The third-order valence-electron chi connectivity index (χ3n) is 2.29. The molecule has 0 aliphatic carbocycles. The average molecular weight is 296 g/mol. The number of nitrogens with zero attached hydrogens (tertiary/aromatic N) is 1. The highest BCUT2D eigenvalue weighted by atomic mass is 35.5. The first-order valence-electron chi connectivity index (χ1n) is 5.67. The Labute approximate surface area is 121 Å². The maximum Gasteiger partial charge on any atom is 0.247 e. The van der Waals surface area contributed by atoms with Crippen LogP contribution >= 0.6 is 11.6 Å². The Hall–Kier alpha value is -2.34. The maximum atomic E-state index is 11.9. The lowest BCUT2D eigenvalue weighted by atomic mass is 10.2. The van der Waals surface area contributed by atoms with E-state index in [0.717, 1.165) is 10.5 Å². The molecule has 3 amide bonds. The van der Waals surface area contributed by atoms with Gasteiger partial charge in [0.05, 0.1) is 0 Å². The fraction of sp³-hybridized carbons (Fsp3) is 0.154. The maximum absolute atomic E-state index is 11.9. The fourth-order valence-electron chi connectivity index (χ4n) is 1.43. The molecule has 1 rings (SSSR count). The van der Waals surface area contributed by atoms with Gasteiger partial charge in [0, 0.05) is 11.1 Å². The van der Waals surface area contributed by atoms with E-state index in [-0.39, 0.29) is 13.1 Å². The Morgan fingerprint density at radius 2 is 1.55 bits per heavy atom. The zero-order chi connectivity index (χ0) is 15.1. The molecule has 0 saturated heterocycles. The molecule has 0 heterocycles. The number of hydrogen-bond acceptors (Lipinski definition) is 3. The van der Waals surface area contributed by atoms with Crippen LogP contribution in [0.3, 0.4) is 0 Å². The number of nitrogens with two attached hydrogens (primary N) is 2.